The fraction of sp³-hybridized carbons (Fsp3) is 0.471. The molecule has 0 unspecified atom stereocenters. The zero-order valence-electron chi connectivity index (χ0n) is 13.8. The molecule has 1 N–H and O–H groups in total. The molecule has 4 rings (SSSR count). The highest BCUT2D eigenvalue weighted by molar-refractivity contribution is 5.92. The van der Waals surface area contributed by atoms with Crippen LogP contribution in [0, 0.1) is 0 Å². The molecule has 0 radical (unpaired) electrons. The van der Waals surface area contributed by atoms with Gasteiger partial charge in [-0.2, -0.15) is 0 Å². The lowest BCUT2D eigenvalue weighted by Gasteiger charge is -2.37. The summed E-state index contributed by atoms with van der Waals surface area (Å²) in [6, 6.07) is 7.09. The number of piperidine rings is 1. The normalized spacial score (nSPS) is 19.3. The molecule has 2 aromatic rings. The van der Waals surface area contributed by atoms with Crippen molar-refractivity contribution in [3.05, 3.63) is 42.0 Å². The summed E-state index contributed by atoms with van der Waals surface area (Å²) in [5, 5.41) is 11.0. The van der Waals surface area contributed by atoms with Gasteiger partial charge in [-0.15, -0.1) is 10.2 Å². The average Bonchev–Trinajstić information content (AvgIpc) is 3.33. The number of carbonyl (C=O) groups is 1. The van der Waals surface area contributed by atoms with Crippen molar-refractivity contribution in [2.75, 3.05) is 31.2 Å². The van der Waals surface area contributed by atoms with Gasteiger partial charge in [0.15, 0.2) is 17.3 Å². The largest absolute Gasteiger partial charge is 0.467 e. The fourth-order valence-corrected chi connectivity index (χ4v) is 3.15. The van der Waals surface area contributed by atoms with Crippen molar-refractivity contribution in [1.29, 1.82) is 0 Å². The SMILES string of the molecule is O=C(NCc1ccco1)c1ccc(N2CCC3(CC2)OCCO3)nn1. The molecule has 2 saturated heterocycles. The average molecular weight is 344 g/mol. The number of hydrogen-bond acceptors (Lipinski definition) is 7. The third-order valence-electron chi connectivity index (χ3n) is 4.55. The van der Waals surface area contributed by atoms with Crippen LogP contribution in [0.15, 0.2) is 34.9 Å². The standard InChI is InChI=1S/C17H20N4O4/c22-16(18-12-13-2-1-9-23-13)14-3-4-15(20-19-14)21-7-5-17(6-8-21)24-10-11-25-17/h1-4,9H,5-8,10-12H2,(H,18,22). The summed E-state index contributed by atoms with van der Waals surface area (Å²) in [6.45, 7) is 3.24. The molecule has 25 heavy (non-hydrogen) atoms. The number of nitrogens with zero attached hydrogens (tertiary/aromatic N) is 3. The van der Waals surface area contributed by atoms with Crippen molar-refractivity contribution in [1.82, 2.24) is 15.5 Å². The van der Waals surface area contributed by atoms with Crippen LogP contribution in [0.4, 0.5) is 5.82 Å². The van der Waals surface area contributed by atoms with Crippen molar-refractivity contribution < 1.29 is 18.7 Å². The topological polar surface area (TPSA) is 89.7 Å². The minimum atomic E-state index is -0.407. The fourth-order valence-electron chi connectivity index (χ4n) is 3.15. The van der Waals surface area contributed by atoms with Gasteiger partial charge in [0.1, 0.15) is 5.76 Å². The van der Waals surface area contributed by atoms with Crippen molar-refractivity contribution in [3.8, 4) is 0 Å². The van der Waals surface area contributed by atoms with Crippen LogP contribution in [0.5, 0.6) is 0 Å². The molecular weight excluding hydrogens is 324 g/mol. The van der Waals surface area contributed by atoms with E-state index in [1.54, 1.807) is 24.5 Å². The summed E-state index contributed by atoms with van der Waals surface area (Å²) in [7, 11) is 0. The third kappa shape index (κ3) is 3.49. The molecule has 0 bridgehead atoms. The molecule has 2 aliphatic rings. The highest BCUT2D eigenvalue weighted by Gasteiger charge is 2.40. The second-order valence-corrected chi connectivity index (χ2v) is 6.13. The van der Waals surface area contributed by atoms with Crippen molar-refractivity contribution in [3.63, 3.8) is 0 Å². The van der Waals surface area contributed by atoms with E-state index in [1.165, 1.54) is 0 Å². The van der Waals surface area contributed by atoms with Crippen LogP contribution in [0.25, 0.3) is 0 Å². The van der Waals surface area contributed by atoms with Gasteiger partial charge in [-0.3, -0.25) is 4.79 Å². The predicted octanol–water partition coefficient (Wildman–Crippen LogP) is 1.34. The first-order chi connectivity index (χ1) is 12.2. The Balaban J connectivity index is 1.33. The molecule has 8 nitrogen and oxygen atoms in total. The quantitative estimate of drug-likeness (QED) is 0.895. The molecular formula is C17H20N4O4. The van der Waals surface area contributed by atoms with E-state index in [0.29, 0.717) is 25.5 Å². The van der Waals surface area contributed by atoms with Gasteiger partial charge in [-0.05, 0) is 24.3 Å². The Morgan fingerprint density at radius 2 is 1.96 bits per heavy atom. The molecule has 2 fully saturated rings. The lowest BCUT2D eigenvalue weighted by molar-refractivity contribution is -0.169. The molecule has 1 spiro atoms. The first-order valence-electron chi connectivity index (χ1n) is 8.41. The van der Waals surface area contributed by atoms with Crippen LogP contribution in [-0.4, -0.2) is 48.2 Å². The first-order valence-corrected chi connectivity index (χ1v) is 8.41. The van der Waals surface area contributed by atoms with Gasteiger partial charge in [0, 0.05) is 25.9 Å². The Morgan fingerprint density at radius 1 is 1.16 bits per heavy atom. The molecule has 0 saturated carbocycles. The molecule has 132 valence electrons. The van der Waals surface area contributed by atoms with Crippen LogP contribution in [-0.2, 0) is 16.0 Å². The summed E-state index contributed by atoms with van der Waals surface area (Å²) >= 11 is 0. The number of amides is 1. The van der Waals surface area contributed by atoms with Crippen molar-refractivity contribution >= 4 is 11.7 Å². The van der Waals surface area contributed by atoms with Crippen LogP contribution in [0.1, 0.15) is 29.1 Å². The molecule has 8 heteroatoms. The number of carbonyl (C=O) groups excluding carboxylic acids is 1. The van der Waals surface area contributed by atoms with E-state index in [9.17, 15) is 4.79 Å². The summed E-state index contributed by atoms with van der Waals surface area (Å²) in [6.07, 6.45) is 3.18. The lowest BCUT2D eigenvalue weighted by Crippen LogP contribution is -2.45. The highest BCUT2D eigenvalue weighted by atomic mass is 16.7. The maximum absolute atomic E-state index is 12.1. The zero-order chi connectivity index (χ0) is 17.1. The molecule has 1 amide bonds. The number of anilines is 1. The number of furan rings is 1. The summed E-state index contributed by atoms with van der Waals surface area (Å²) in [5.74, 6) is 0.767. The first kappa shape index (κ1) is 16.0. The number of nitrogens with one attached hydrogen (secondary N) is 1. The van der Waals surface area contributed by atoms with E-state index in [2.05, 4.69) is 20.4 Å². The molecule has 4 heterocycles. The van der Waals surface area contributed by atoms with Gasteiger partial charge in [0.25, 0.3) is 5.91 Å². The van der Waals surface area contributed by atoms with Crippen molar-refractivity contribution in [2.45, 2.75) is 25.2 Å². The Morgan fingerprint density at radius 3 is 2.60 bits per heavy atom. The second-order valence-electron chi connectivity index (χ2n) is 6.13. The Bertz CT molecular complexity index is 701. The molecule has 0 aliphatic carbocycles. The number of aromatic nitrogens is 2. The lowest BCUT2D eigenvalue weighted by atomic mass is 10.0. The van der Waals surface area contributed by atoms with E-state index >= 15 is 0 Å². The number of ether oxygens (including phenoxy) is 2. The summed E-state index contributed by atoms with van der Waals surface area (Å²) in [4.78, 5) is 14.2. The van der Waals surface area contributed by atoms with Gasteiger partial charge in [0.05, 0.1) is 26.0 Å². The van der Waals surface area contributed by atoms with Crippen LogP contribution < -0.4 is 10.2 Å². The Hall–Kier alpha value is -2.45. The predicted molar refractivity (Wildman–Crippen MR) is 88.0 cm³/mol. The molecule has 0 aromatic carbocycles. The van der Waals surface area contributed by atoms with Crippen LogP contribution in [0.3, 0.4) is 0 Å². The Kier molecular flexibility index (Phi) is 4.37. The Labute approximate surface area is 145 Å². The minimum absolute atomic E-state index is 0.277. The van der Waals surface area contributed by atoms with Gasteiger partial charge in [0.2, 0.25) is 0 Å². The maximum atomic E-state index is 12.1. The van der Waals surface area contributed by atoms with Crippen LogP contribution in [0.2, 0.25) is 0 Å². The highest BCUT2D eigenvalue weighted by Crippen LogP contribution is 2.32. The summed E-state index contributed by atoms with van der Waals surface area (Å²) in [5.41, 5.74) is 0.284. The molecule has 2 aliphatic heterocycles. The monoisotopic (exact) mass is 344 g/mol. The van der Waals surface area contributed by atoms with Gasteiger partial charge in [-0.25, -0.2) is 0 Å². The van der Waals surface area contributed by atoms with E-state index in [1.807, 2.05) is 6.07 Å². The maximum Gasteiger partial charge on any atom is 0.272 e. The molecule has 2 aromatic heterocycles. The molecule has 0 atom stereocenters. The van der Waals surface area contributed by atoms with Crippen LogP contribution >= 0.6 is 0 Å². The van der Waals surface area contributed by atoms with E-state index in [-0.39, 0.29) is 11.6 Å². The van der Waals surface area contributed by atoms with E-state index in [4.69, 9.17) is 13.9 Å². The summed E-state index contributed by atoms with van der Waals surface area (Å²) < 4.78 is 16.6. The minimum Gasteiger partial charge on any atom is -0.467 e. The van der Waals surface area contributed by atoms with Gasteiger partial charge < -0.3 is 24.1 Å². The zero-order valence-corrected chi connectivity index (χ0v) is 13.8. The van der Waals surface area contributed by atoms with Gasteiger partial charge >= 0.3 is 0 Å². The van der Waals surface area contributed by atoms with Crippen molar-refractivity contribution in [2.24, 2.45) is 0 Å². The van der Waals surface area contributed by atoms with Gasteiger partial charge in [-0.1, -0.05) is 0 Å². The van der Waals surface area contributed by atoms with E-state index in [0.717, 1.165) is 31.7 Å². The smallest absolute Gasteiger partial charge is 0.272 e. The second kappa shape index (κ2) is 6.81. The number of rotatable bonds is 4. The van der Waals surface area contributed by atoms with E-state index < -0.39 is 5.79 Å². The number of hydrogen-bond donors (Lipinski definition) is 1. The third-order valence-corrected chi connectivity index (χ3v) is 4.55.